The molecule has 0 aliphatic heterocycles. The highest BCUT2D eigenvalue weighted by Gasteiger charge is 2.42. The average molecular weight is 453 g/mol. The molecule has 1 heterocycles. The Bertz CT molecular complexity index is 1110. The molecule has 0 radical (unpaired) electrons. The minimum absolute atomic E-state index is 0.0408. The molecule has 4 nitrogen and oxygen atoms in total. The van der Waals surface area contributed by atoms with Crippen molar-refractivity contribution < 1.29 is 44.3 Å². The number of carbonyl (C=O) groups excluding carboxylic acids is 1. The number of hydrogen-bond donors (Lipinski definition) is 1. The molecule has 3 aromatic rings. The number of alkyl halides is 6. The van der Waals surface area contributed by atoms with Gasteiger partial charge in [0.25, 0.3) is 5.91 Å². The van der Waals surface area contributed by atoms with Crippen molar-refractivity contribution in [3.8, 4) is 5.69 Å². The SMILES string of the molecule is O=C(Nc1ccc(-n2nc(C(F)(F)F)cc2C(F)(F)F)cc1)c1cc(F)c(F)c(F)c1. The minimum Gasteiger partial charge on any atom is -0.322 e. The van der Waals surface area contributed by atoms with Crippen LogP contribution in [0.25, 0.3) is 5.69 Å². The molecule has 2 aromatic carbocycles. The van der Waals surface area contributed by atoms with Crippen LogP contribution in [-0.2, 0) is 12.4 Å². The van der Waals surface area contributed by atoms with Crippen LogP contribution in [0.4, 0.5) is 45.2 Å². The van der Waals surface area contributed by atoms with Crippen LogP contribution in [0.2, 0.25) is 0 Å². The number of hydrogen-bond acceptors (Lipinski definition) is 2. The van der Waals surface area contributed by atoms with Gasteiger partial charge in [-0.15, -0.1) is 0 Å². The molecule has 0 fully saturated rings. The van der Waals surface area contributed by atoms with Gasteiger partial charge in [0.15, 0.2) is 23.1 Å². The van der Waals surface area contributed by atoms with Gasteiger partial charge in [-0.1, -0.05) is 0 Å². The zero-order valence-corrected chi connectivity index (χ0v) is 14.7. The molecule has 0 spiro atoms. The van der Waals surface area contributed by atoms with Crippen molar-refractivity contribution in [3.63, 3.8) is 0 Å². The van der Waals surface area contributed by atoms with E-state index in [0.717, 1.165) is 24.3 Å². The van der Waals surface area contributed by atoms with Gasteiger partial charge in [0, 0.05) is 17.3 Å². The van der Waals surface area contributed by atoms with E-state index in [1.165, 1.54) is 0 Å². The van der Waals surface area contributed by atoms with Gasteiger partial charge in [0.1, 0.15) is 5.69 Å². The van der Waals surface area contributed by atoms with Crippen molar-refractivity contribution in [2.75, 3.05) is 5.32 Å². The molecule has 0 bridgehead atoms. The van der Waals surface area contributed by atoms with Crippen LogP contribution >= 0.6 is 0 Å². The summed E-state index contributed by atoms with van der Waals surface area (Å²) in [6.07, 6.45) is -10.3. The summed E-state index contributed by atoms with van der Waals surface area (Å²) in [4.78, 5) is 12.0. The molecular formula is C18H8F9N3O. The number of nitrogens with one attached hydrogen (secondary N) is 1. The second kappa shape index (κ2) is 7.63. The summed E-state index contributed by atoms with van der Waals surface area (Å²) in [5, 5.41) is 5.11. The lowest BCUT2D eigenvalue weighted by atomic mass is 10.2. The van der Waals surface area contributed by atoms with E-state index < -0.39 is 58.4 Å². The molecule has 31 heavy (non-hydrogen) atoms. The summed E-state index contributed by atoms with van der Waals surface area (Å²) in [7, 11) is 0. The smallest absolute Gasteiger partial charge is 0.322 e. The fourth-order valence-electron chi connectivity index (χ4n) is 2.49. The van der Waals surface area contributed by atoms with E-state index in [2.05, 4.69) is 10.4 Å². The largest absolute Gasteiger partial charge is 0.435 e. The Morgan fingerprint density at radius 3 is 1.87 bits per heavy atom. The van der Waals surface area contributed by atoms with Gasteiger partial charge in [-0.05, 0) is 36.4 Å². The number of aromatic nitrogens is 2. The highest BCUT2D eigenvalue weighted by molar-refractivity contribution is 6.04. The molecule has 3 rings (SSSR count). The fraction of sp³-hybridized carbons (Fsp3) is 0.111. The topological polar surface area (TPSA) is 46.9 Å². The van der Waals surface area contributed by atoms with Crippen molar-refractivity contribution in [1.29, 1.82) is 0 Å². The lowest BCUT2D eigenvalue weighted by Crippen LogP contribution is -2.14. The van der Waals surface area contributed by atoms with Crippen LogP contribution in [-0.4, -0.2) is 15.7 Å². The average Bonchev–Trinajstić information content (AvgIpc) is 3.12. The van der Waals surface area contributed by atoms with Crippen LogP contribution in [0.1, 0.15) is 21.7 Å². The molecule has 1 amide bonds. The lowest BCUT2D eigenvalue weighted by Gasteiger charge is -2.11. The van der Waals surface area contributed by atoms with Gasteiger partial charge in [-0.2, -0.15) is 31.4 Å². The first-order chi connectivity index (χ1) is 14.3. The molecule has 13 heteroatoms. The molecular weight excluding hydrogens is 445 g/mol. The standard InChI is InChI=1S/C18H8F9N3O/c19-11-5-8(6-12(20)15(11)21)16(31)28-9-1-3-10(4-2-9)30-14(18(25,26)27)7-13(29-30)17(22,23)24/h1-7H,(H,28,31). The second-order valence-electron chi connectivity index (χ2n) is 6.08. The molecule has 1 aromatic heterocycles. The number of anilines is 1. The van der Waals surface area contributed by atoms with E-state index in [9.17, 15) is 44.3 Å². The Labute approximate surface area is 166 Å². The molecule has 1 N–H and O–H groups in total. The Morgan fingerprint density at radius 2 is 1.39 bits per heavy atom. The van der Waals surface area contributed by atoms with E-state index in [4.69, 9.17) is 0 Å². The van der Waals surface area contributed by atoms with Crippen molar-refractivity contribution in [1.82, 2.24) is 9.78 Å². The van der Waals surface area contributed by atoms with E-state index in [0.29, 0.717) is 12.1 Å². The number of halogens is 9. The molecule has 0 saturated carbocycles. The molecule has 0 aliphatic rings. The predicted octanol–water partition coefficient (Wildman–Crippen LogP) is 5.58. The van der Waals surface area contributed by atoms with Gasteiger partial charge in [-0.3, -0.25) is 4.79 Å². The normalized spacial score (nSPS) is 12.2. The summed E-state index contributed by atoms with van der Waals surface area (Å²) in [6, 6.07) is 4.64. The molecule has 164 valence electrons. The zero-order valence-electron chi connectivity index (χ0n) is 14.7. The highest BCUT2D eigenvalue weighted by Crippen LogP contribution is 2.36. The van der Waals surface area contributed by atoms with Gasteiger partial charge in [0.05, 0.1) is 5.69 Å². The number of carbonyl (C=O) groups is 1. The third-order valence-electron chi connectivity index (χ3n) is 3.91. The Balaban J connectivity index is 1.89. The lowest BCUT2D eigenvalue weighted by molar-refractivity contribution is -0.143. The number of nitrogens with zero attached hydrogens (tertiary/aromatic N) is 2. The quantitative estimate of drug-likeness (QED) is 0.416. The Kier molecular flexibility index (Phi) is 5.46. The third kappa shape index (κ3) is 4.64. The Hall–Kier alpha value is -3.51. The summed E-state index contributed by atoms with van der Waals surface area (Å²) < 4.78 is 117. The summed E-state index contributed by atoms with van der Waals surface area (Å²) in [5.41, 5.74) is -4.48. The predicted molar refractivity (Wildman–Crippen MR) is 87.8 cm³/mol. The minimum atomic E-state index is -5.14. The van der Waals surface area contributed by atoms with Crippen molar-refractivity contribution in [3.05, 3.63) is 76.9 Å². The first-order valence-corrected chi connectivity index (χ1v) is 8.08. The van der Waals surface area contributed by atoms with Crippen LogP contribution in [0.5, 0.6) is 0 Å². The van der Waals surface area contributed by atoms with E-state index >= 15 is 0 Å². The number of amides is 1. The highest BCUT2D eigenvalue weighted by atomic mass is 19.4. The second-order valence-corrected chi connectivity index (χ2v) is 6.08. The van der Waals surface area contributed by atoms with Gasteiger partial charge < -0.3 is 5.32 Å². The maximum atomic E-state index is 13.2. The van der Waals surface area contributed by atoms with Gasteiger partial charge in [-0.25, -0.2) is 17.9 Å². The number of rotatable bonds is 3. The summed E-state index contributed by atoms with van der Waals surface area (Å²) in [5.74, 6) is -6.07. The van der Waals surface area contributed by atoms with Crippen molar-refractivity contribution in [2.45, 2.75) is 12.4 Å². The van der Waals surface area contributed by atoms with Crippen LogP contribution in [0, 0.1) is 17.5 Å². The maximum Gasteiger partial charge on any atom is 0.435 e. The number of benzene rings is 2. The van der Waals surface area contributed by atoms with Crippen LogP contribution in [0.3, 0.4) is 0 Å². The van der Waals surface area contributed by atoms with Gasteiger partial charge >= 0.3 is 12.4 Å². The fourth-order valence-corrected chi connectivity index (χ4v) is 2.49. The molecule has 0 atom stereocenters. The van der Waals surface area contributed by atoms with Crippen LogP contribution in [0.15, 0.2) is 42.5 Å². The maximum absolute atomic E-state index is 13.2. The summed E-state index contributed by atoms with van der Waals surface area (Å²) in [6.45, 7) is 0. The molecule has 0 aliphatic carbocycles. The van der Waals surface area contributed by atoms with Crippen LogP contribution < -0.4 is 5.32 Å². The van der Waals surface area contributed by atoms with Crippen molar-refractivity contribution >= 4 is 11.6 Å². The van der Waals surface area contributed by atoms with E-state index in [1.54, 1.807) is 0 Å². The van der Waals surface area contributed by atoms with E-state index in [1.807, 2.05) is 0 Å². The molecule has 0 unspecified atom stereocenters. The van der Waals surface area contributed by atoms with Crippen molar-refractivity contribution in [2.24, 2.45) is 0 Å². The van der Waals surface area contributed by atoms with Gasteiger partial charge in [0.2, 0.25) is 0 Å². The Morgan fingerprint density at radius 1 is 0.839 bits per heavy atom. The zero-order chi connectivity index (χ0) is 23.1. The third-order valence-corrected chi connectivity index (χ3v) is 3.91. The first-order valence-electron chi connectivity index (χ1n) is 8.08. The monoisotopic (exact) mass is 453 g/mol. The van der Waals surface area contributed by atoms with E-state index in [-0.39, 0.29) is 16.4 Å². The molecule has 0 saturated heterocycles. The summed E-state index contributed by atoms with van der Waals surface area (Å²) >= 11 is 0. The first kappa shape index (κ1) is 22.2.